The zero-order valence-corrected chi connectivity index (χ0v) is 10.4. The van der Waals surface area contributed by atoms with Crippen LogP contribution in [-0.2, 0) is 11.3 Å². The van der Waals surface area contributed by atoms with Crippen molar-refractivity contribution in [1.82, 2.24) is 0 Å². The van der Waals surface area contributed by atoms with Crippen LogP contribution in [0.5, 0.6) is 0 Å². The van der Waals surface area contributed by atoms with E-state index in [1.165, 1.54) is 6.07 Å². The summed E-state index contributed by atoms with van der Waals surface area (Å²) in [4.78, 5) is 11.6. The second-order valence-corrected chi connectivity index (χ2v) is 4.47. The van der Waals surface area contributed by atoms with Crippen LogP contribution in [0.4, 0.5) is 4.39 Å². The Bertz CT molecular complexity index is 563. The molecule has 2 nitrogen and oxygen atoms in total. The predicted molar refractivity (Wildman–Crippen MR) is 72.9 cm³/mol. The Morgan fingerprint density at radius 1 is 1.44 bits per heavy atom. The van der Waals surface area contributed by atoms with Crippen molar-refractivity contribution < 1.29 is 9.18 Å². The molecule has 0 saturated carbocycles. The Labute approximate surface area is 110 Å². The zero-order valence-electron chi connectivity index (χ0n) is 9.60. The summed E-state index contributed by atoms with van der Waals surface area (Å²) in [5.74, 6) is -0.893. The molecule has 1 aromatic carbocycles. The number of allylic oxidation sites excluding steroid dienone is 4. The molecule has 2 rings (SSSR count). The third-order valence-corrected chi connectivity index (χ3v) is 3.33. The average molecular weight is 261 g/mol. The van der Waals surface area contributed by atoms with Gasteiger partial charge < -0.3 is 5.73 Å². The van der Waals surface area contributed by atoms with Crippen molar-refractivity contribution in [3.8, 4) is 0 Å². The first-order valence-electron chi connectivity index (χ1n) is 5.53. The summed E-state index contributed by atoms with van der Waals surface area (Å²) in [5.41, 5.74) is 7.16. The number of benzene rings is 1. The summed E-state index contributed by atoms with van der Waals surface area (Å²) in [6.07, 6.45) is 5.78. The number of nitrogens with two attached hydrogens (primary N) is 1. The normalized spacial score (nSPS) is 18.7. The molecule has 0 aromatic heterocycles. The molecule has 1 unspecified atom stereocenters. The molecule has 0 amide bonds. The van der Waals surface area contributed by atoms with E-state index in [1.807, 2.05) is 0 Å². The van der Waals surface area contributed by atoms with Gasteiger partial charge in [-0.2, -0.15) is 0 Å². The maximum atomic E-state index is 14.0. The third kappa shape index (κ3) is 2.17. The van der Waals surface area contributed by atoms with Crippen LogP contribution in [0.25, 0.3) is 0 Å². The van der Waals surface area contributed by atoms with E-state index in [4.69, 9.17) is 18.0 Å². The van der Waals surface area contributed by atoms with Gasteiger partial charge in [0.25, 0.3) is 0 Å². The second kappa shape index (κ2) is 5.33. The minimum Gasteiger partial charge on any atom is -0.326 e. The minimum absolute atomic E-state index is 0.210. The molecule has 0 heterocycles. The molecule has 0 aliphatic heterocycles. The van der Waals surface area contributed by atoms with Crippen molar-refractivity contribution >= 4 is 23.4 Å². The molecule has 0 fully saturated rings. The topological polar surface area (TPSA) is 43.1 Å². The summed E-state index contributed by atoms with van der Waals surface area (Å²) in [6, 6.07) is 4.71. The van der Waals surface area contributed by atoms with Crippen molar-refractivity contribution in [3.05, 3.63) is 58.9 Å². The van der Waals surface area contributed by atoms with Crippen LogP contribution in [0.3, 0.4) is 0 Å². The van der Waals surface area contributed by atoms with Gasteiger partial charge in [-0.1, -0.05) is 36.5 Å². The van der Waals surface area contributed by atoms with Gasteiger partial charge in [0.1, 0.15) is 12.1 Å². The maximum Gasteiger partial charge on any atom is 0.147 e. The first-order valence-corrected chi connectivity index (χ1v) is 5.94. The quantitative estimate of drug-likeness (QED) is 0.671. The second-order valence-electron chi connectivity index (χ2n) is 4.00. The molecule has 18 heavy (non-hydrogen) atoms. The van der Waals surface area contributed by atoms with E-state index in [1.54, 1.807) is 30.4 Å². The Kier molecular flexibility index (Phi) is 3.79. The molecule has 0 bridgehead atoms. The van der Waals surface area contributed by atoms with Gasteiger partial charge in [0, 0.05) is 22.5 Å². The summed E-state index contributed by atoms with van der Waals surface area (Å²) in [5, 5.41) is 0. The van der Waals surface area contributed by atoms with Gasteiger partial charge in [-0.15, -0.1) is 0 Å². The standard InChI is InChI=1S/C14H12FNOS/c15-11-5-1-3-9(7-16)13(11)14-10(8-17)4-2-6-12(14)18/h1-6,8,14H,7,16H2. The fourth-order valence-corrected chi connectivity index (χ4v) is 2.44. The number of aldehydes is 1. The van der Waals surface area contributed by atoms with Crippen LogP contribution in [-0.4, -0.2) is 11.2 Å². The largest absolute Gasteiger partial charge is 0.326 e. The lowest BCUT2D eigenvalue weighted by atomic mass is 9.83. The highest BCUT2D eigenvalue weighted by atomic mass is 32.1. The van der Waals surface area contributed by atoms with E-state index in [9.17, 15) is 9.18 Å². The molecule has 1 aliphatic carbocycles. The fourth-order valence-electron chi connectivity index (χ4n) is 2.11. The highest BCUT2D eigenvalue weighted by Crippen LogP contribution is 2.32. The van der Waals surface area contributed by atoms with Crippen molar-refractivity contribution in [1.29, 1.82) is 0 Å². The van der Waals surface area contributed by atoms with Crippen molar-refractivity contribution in [2.75, 3.05) is 0 Å². The van der Waals surface area contributed by atoms with Gasteiger partial charge in [-0.05, 0) is 17.7 Å². The monoisotopic (exact) mass is 261 g/mol. The summed E-state index contributed by atoms with van der Waals surface area (Å²) in [6.45, 7) is 0.210. The SMILES string of the molecule is NCc1cccc(F)c1C1C(=S)C=CC=C1C=O. The smallest absolute Gasteiger partial charge is 0.147 e. The van der Waals surface area contributed by atoms with E-state index >= 15 is 0 Å². The van der Waals surface area contributed by atoms with Crippen molar-refractivity contribution in [2.24, 2.45) is 5.73 Å². The molecule has 0 spiro atoms. The number of rotatable bonds is 3. The van der Waals surface area contributed by atoms with E-state index in [2.05, 4.69) is 0 Å². The molecule has 2 N–H and O–H groups in total. The summed E-state index contributed by atoms with van der Waals surface area (Å²) >= 11 is 5.23. The van der Waals surface area contributed by atoms with Crippen molar-refractivity contribution in [3.63, 3.8) is 0 Å². The Hall–Kier alpha value is -1.65. The summed E-state index contributed by atoms with van der Waals surface area (Å²) < 4.78 is 14.0. The van der Waals surface area contributed by atoms with E-state index in [0.717, 1.165) is 0 Å². The average Bonchev–Trinajstić information content (AvgIpc) is 2.38. The van der Waals surface area contributed by atoms with E-state index in [0.29, 0.717) is 27.9 Å². The lowest BCUT2D eigenvalue weighted by Crippen LogP contribution is -2.19. The van der Waals surface area contributed by atoms with Gasteiger partial charge in [0.2, 0.25) is 0 Å². The first-order chi connectivity index (χ1) is 8.69. The zero-order chi connectivity index (χ0) is 13.1. The van der Waals surface area contributed by atoms with E-state index < -0.39 is 5.92 Å². The molecular formula is C14H12FNOS. The number of halogens is 1. The molecular weight excluding hydrogens is 249 g/mol. The Balaban J connectivity index is 2.60. The van der Waals surface area contributed by atoms with Crippen LogP contribution in [0.15, 0.2) is 42.0 Å². The lowest BCUT2D eigenvalue weighted by Gasteiger charge is -2.22. The number of thiocarbonyl (C=S) groups is 1. The Morgan fingerprint density at radius 2 is 2.22 bits per heavy atom. The van der Waals surface area contributed by atoms with Gasteiger partial charge in [-0.3, -0.25) is 4.79 Å². The first kappa shape index (κ1) is 12.8. The highest BCUT2D eigenvalue weighted by molar-refractivity contribution is 7.80. The van der Waals surface area contributed by atoms with Crippen LogP contribution >= 0.6 is 12.2 Å². The third-order valence-electron chi connectivity index (χ3n) is 2.95. The lowest BCUT2D eigenvalue weighted by molar-refractivity contribution is -0.105. The fraction of sp³-hybridized carbons (Fsp3) is 0.143. The molecule has 1 aliphatic rings. The Morgan fingerprint density at radius 3 is 2.89 bits per heavy atom. The number of hydrogen-bond acceptors (Lipinski definition) is 3. The number of carbonyl (C=O) groups is 1. The minimum atomic E-state index is -0.512. The van der Waals surface area contributed by atoms with Crippen LogP contribution in [0, 0.1) is 5.82 Å². The number of carbonyl (C=O) groups excluding carboxylic acids is 1. The molecule has 92 valence electrons. The number of hydrogen-bond donors (Lipinski definition) is 1. The maximum absolute atomic E-state index is 14.0. The van der Waals surface area contributed by atoms with Crippen LogP contribution < -0.4 is 5.73 Å². The molecule has 4 heteroatoms. The van der Waals surface area contributed by atoms with Crippen LogP contribution in [0.1, 0.15) is 17.0 Å². The van der Waals surface area contributed by atoms with Gasteiger partial charge >= 0.3 is 0 Å². The van der Waals surface area contributed by atoms with Crippen LogP contribution in [0.2, 0.25) is 0 Å². The van der Waals surface area contributed by atoms with Gasteiger partial charge in [-0.25, -0.2) is 4.39 Å². The van der Waals surface area contributed by atoms with Gasteiger partial charge in [0.05, 0.1) is 5.92 Å². The highest BCUT2D eigenvalue weighted by Gasteiger charge is 2.26. The van der Waals surface area contributed by atoms with E-state index in [-0.39, 0.29) is 12.4 Å². The predicted octanol–water partition coefficient (Wildman–Crippen LogP) is 2.43. The van der Waals surface area contributed by atoms with Gasteiger partial charge in [0.15, 0.2) is 0 Å². The molecule has 1 aromatic rings. The van der Waals surface area contributed by atoms with Crippen molar-refractivity contribution in [2.45, 2.75) is 12.5 Å². The molecule has 0 saturated heterocycles. The molecule has 0 radical (unpaired) electrons. The summed E-state index contributed by atoms with van der Waals surface area (Å²) in [7, 11) is 0. The molecule has 1 atom stereocenters.